The van der Waals surface area contributed by atoms with Crippen molar-refractivity contribution in [2.45, 2.75) is 116 Å². The summed E-state index contributed by atoms with van der Waals surface area (Å²) in [7, 11) is 0. The van der Waals surface area contributed by atoms with E-state index >= 15 is 0 Å². The first-order valence-electron chi connectivity index (χ1n) is 21.2. The van der Waals surface area contributed by atoms with Gasteiger partial charge in [0.15, 0.2) is 0 Å². The number of carbonyl (C=O) groups is 8. The third kappa shape index (κ3) is 24.9. The van der Waals surface area contributed by atoms with Crippen molar-refractivity contribution >= 4 is 73.6 Å². The van der Waals surface area contributed by atoms with Crippen LogP contribution < -0.4 is 37.2 Å². The minimum atomic E-state index is -1.10. The lowest BCUT2D eigenvalue weighted by Gasteiger charge is -2.26. The van der Waals surface area contributed by atoms with Gasteiger partial charge in [0.25, 0.3) is 0 Å². The zero-order chi connectivity index (χ0) is 46.6. The summed E-state index contributed by atoms with van der Waals surface area (Å²) < 4.78 is 16.2. The normalized spacial score (nSPS) is 12.4. The van der Waals surface area contributed by atoms with Crippen LogP contribution in [0.5, 0.6) is 0 Å². The molecule has 0 radical (unpaired) electrons. The number of amides is 7. The first kappa shape index (κ1) is 54.0. The molecule has 0 spiro atoms. The molecule has 2 aromatic carbocycles. The van der Waals surface area contributed by atoms with Gasteiger partial charge in [0, 0.05) is 38.1 Å². The van der Waals surface area contributed by atoms with E-state index < -0.39 is 76.7 Å². The van der Waals surface area contributed by atoms with E-state index in [2.05, 4.69) is 44.1 Å². The molecule has 2 unspecified atom stereocenters. The van der Waals surface area contributed by atoms with Crippen LogP contribution in [0.25, 0.3) is 0 Å². The van der Waals surface area contributed by atoms with Gasteiger partial charge < -0.3 is 51.4 Å². The number of benzene rings is 2. The summed E-state index contributed by atoms with van der Waals surface area (Å²) in [4.78, 5) is 101. The highest BCUT2D eigenvalue weighted by molar-refractivity contribution is 14.1. The molecule has 0 saturated heterocycles. The van der Waals surface area contributed by atoms with E-state index in [1.807, 2.05) is 27.7 Å². The summed E-state index contributed by atoms with van der Waals surface area (Å²) in [5.41, 5.74) is 1.43. The van der Waals surface area contributed by atoms with Crippen molar-refractivity contribution in [2.24, 2.45) is 0 Å². The van der Waals surface area contributed by atoms with Crippen molar-refractivity contribution < 1.29 is 52.6 Å². The molecular weight excluding hydrogens is 929 g/mol. The highest BCUT2D eigenvalue weighted by Crippen LogP contribution is 2.15. The van der Waals surface area contributed by atoms with Crippen LogP contribution in [0.2, 0.25) is 0 Å². The smallest absolute Gasteiger partial charge is 0.367 e. The molecule has 2 aromatic rings. The number of halogens is 1. The van der Waals surface area contributed by atoms with Gasteiger partial charge in [-0.25, -0.2) is 4.79 Å². The minimum Gasteiger partial charge on any atom is -0.453 e. The highest BCUT2D eigenvalue weighted by atomic mass is 127. The van der Waals surface area contributed by atoms with Crippen molar-refractivity contribution in [3.63, 3.8) is 0 Å². The van der Waals surface area contributed by atoms with Crippen molar-refractivity contribution in [1.82, 2.24) is 31.9 Å². The van der Waals surface area contributed by atoms with Crippen LogP contribution in [-0.2, 0) is 60.8 Å². The molecule has 3 atom stereocenters. The molecular formula is C44H64IN7O11. The van der Waals surface area contributed by atoms with Gasteiger partial charge in [-0.3, -0.25) is 33.6 Å². The summed E-state index contributed by atoms with van der Waals surface area (Å²) >= 11 is 1.52. The van der Waals surface area contributed by atoms with Crippen molar-refractivity contribution in [3.8, 4) is 0 Å². The Balaban J connectivity index is 1.85. The maximum atomic E-state index is 13.2. The lowest BCUT2D eigenvalue weighted by Crippen LogP contribution is -2.52. The monoisotopic (exact) mass is 993 g/mol. The Morgan fingerprint density at radius 3 is 1.98 bits per heavy atom. The number of carbonyl (C=O) groups excluding carboxylic acids is 8. The lowest BCUT2D eigenvalue weighted by atomic mass is 10.1. The largest absolute Gasteiger partial charge is 0.453 e. The van der Waals surface area contributed by atoms with E-state index in [9.17, 15) is 38.4 Å². The second-order valence-corrected chi connectivity index (χ2v) is 16.2. The van der Waals surface area contributed by atoms with Gasteiger partial charge in [-0.05, 0) is 69.7 Å². The minimum absolute atomic E-state index is 0.0305. The summed E-state index contributed by atoms with van der Waals surface area (Å²) in [5, 5.41) is 18.1. The average molecular weight is 994 g/mol. The molecule has 18 nitrogen and oxygen atoms in total. The fraction of sp³-hybridized carbons (Fsp3) is 0.545. The molecule has 7 N–H and O–H groups in total. The van der Waals surface area contributed by atoms with Crippen molar-refractivity contribution in [2.75, 3.05) is 44.7 Å². The number of unbranched alkanes of at least 4 members (excludes halogenated alkanes) is 1. The van der Waals surface area contributed by atoms with Gasteiger partial charge >= 0.3 is 3.98 Å². The van der Waals surface area contributed by atoms with Crippen LogP contribution in [0, 0.1) is 0 Å². The van der Waals surface area contributed by atoms with Gasteiger partial charge in [0.2, 0.25) is 41.4 Å². The fourth-order valence-electron chi connectivity index (χ4n) is 5.60. The number of anilines is 1. The molecule has 0 fully saturated rings. The van der Waals surface area contributed by atoms with Gasteiger partial charge in [-0.1, -0.05) is 62.7 Å². The molecule has 7 amide bonds. The Morgan fingerprint density at radius 1 is 0.683 bits per heavy atom. The molecule has 63 heavy (non-hydrogen) atoms. The fourth-order valence-corrected chi connectivity index (χ4v) is 5.76. The van der Waals surface area contributed by atoms with E-state index in [-0.39, 0.29) is 57.5 Å². The van der Waals surface area contributed by atoms with Crippen molar-refractivity contribution in [3.05, 3.63) is 65.7 Å². The van der Waals surface area contributed by atoms with E-state index in [0.717, 1.165) is 24.0 Å². The van der Waals surface area contributed by atoms with E-state index in [1.165, 1.54) is 22.6 Å². The number of hydrogen-bond donors (Lipinski definition) is 7. The van der Waals surface area contributed by atoms with Crippen LogP contribution >= 0.6 is 22.6 Å². The maximum absolute atomic E-state index is 13.2. The van der Waals surface area contributed by atoms with E-state index in [0.29, 0.717) is 25.1 Å². The molecule has 0 aromatic heterocycles. The lowest BCUT2D eigenvalue weighted by molar-refractivity contribution is -0.131. The SMILES string of the molecule is CCCCC(=O)NC(CCC(=O)NCC(=O)NCC(=O)N[C@@H](Cc1ccccc1)C(=O)NCC(=O)Nc1ccc(COC(=O)I)cc1)C(=O)NCCOC(C)(C)CCOC(C)CC. The van der Waals surface area contributed by atoms with Crippen molar-refractivity contribution in [1.29, 1.82) is 0 Å². The molecule has 348 valence electrons. The highest BCUT2D eigenvalue weighted by Gasteiger charge is 2.25. The number of rotatable bonds is 30. The van der Waals surface area contributed by atoms with Gasteiger partial charge in [-0.15, -0.1) is 0 Å². The van der Waals surface area contributed by atoms with Crippen LogP contribution in [0.15, 0.2) is 54.6 Å². The third-order valence-corrected chi connectivity index (χ3v) is 9.80. The standard InChI is InChI=1S/C44H64IN7O11/c1-6-8-14-37(54)51-34(41(58)46-22-24-63-44(4,5)21-23-61-30(3)7-2)19-20-36(53)47-26-38(55)48-27-40(57)52-35(25-31-12-10-9-11-13-31)42(59)49-28-39(56)50-33-17-15-32(16-18-33)29-62-43(45)60/h9-13,15-18,30,34-35H,6-8,14,19-29H2,1-5H3,(H,46,58)(H,47,53)(H,48,55)(H,49,59)(H,50,56)(H,51,54)(H,52,57)/t30?,34?,35-/m0/s1. The molecule has 19 heteroatoms. The summed E-state index contributed by atoms with van der Waals surface area (Å²) in [6.07, 6.45) is 3.26. The Labute approximate surface area is 383 Å². The third-order valence-electron chi connectivity index (χ3n) is 9.48. The Morgan fingerprint density at radius 2 is 1.32 bits per heavy atom. The van der Waals surface area contributed by atoms with Gasteiger partial charge in [0.05, 0.1) is 60.5 Å². The van der Waals surface area contributed by atoms with E-state index in [1.54, 1.807) is 54.6 Å². The van der Waals surface area contributed by atoms with Crippen LogP contribution in [-0.4, -0.2) is 109 Å². The summed E-state index contributed by atoms with van der Waals surface area (Å²) in [5.74, 6) is -3.89. The quantitative estimate of drug-likeness (QED) is 0.0340. The Hall–Kier alpha value is -5.15. The maximum Gasteiger partial charge on any atom is 0.367 e. The summed E-state index contributed by atoms with van der Waals surface area (Å²) in [6.45, 7) is 9.53. The zero-order valence-corrected chi connectivity index (χ0v) is 39.1. The van der Waals surface area contributed by atoms with Crippen LogP contribution in [0.3, 0.4) is 0 Å². The molecule has 0 aliphatic rings. The molecule has 0 bridgehead atoms. The Bertz CT molecular complexity index is 1780. The van der Waals surface area contributed by atoms with E-state index in [4.69, 9.17) is 14.2 Å². The predicted octanol–water partition coefficient (Wildman–Crippen LogP) is 3.34. The molecule has 0 heterocycles. The molecule has 0 saturated carbocycles. The topological polar surface area (TPSA) is 248 Å². The number of ether oxygens (including phenoxy) is 3. The zero-order valence-electron chi connectivity index (χ0n) is 36.9. The molecule has 0 aliphatic carbocycles. The summed E-state index contributed by atoms with van der Waals surface area (Å²) in [6, 6.07) is 13.4. The predicted molar refractivity (Wildman–Crippen MR) is 244 cm³/mol. The van der Waals surface area contributed by atoms with Crippen LogP contribution in [0.1, 0.15) is 90.7 Å². The number of hydrogen-bond acceptors (Lipinski definition) is 11. The van der Waals surface area contributed by atoms with Gasteiger partial charge in [0.1, 0.15) is 18.7 Å². The average Bonchev–Trinajstić information content (AvgIpc) is 3.25. The Kier molecular flexibility index (Phi) is 25.7. The first-order valence-corrected chi connectivity index (χ1v) is 22.3. The second kappa shape index (κ2) is 30.0. The van der Waals surface area contributed by atoms with Crippen LogP contribution in [0.4, 0.5) is 10.5 Å². The number of nitrogens with one attached hydrogen (secondary N) is 7. The van der Waals surface area contributed by atoms with Gasteiger partial charge in [-0.2, -0.15) is 0 Å². The molecule has 0 aliphatic heterocycles. The molecule has 2 rings (SSSR count). The first-order chi connectivity index (χ1) is 30.0. The second-order valence-electron chi connectivity index (χ2n) is 15.4.